The largest absolute Gasteiger partial charge is 0.330 e. The Morgan fingerprint density at radius 3 is 2.57 bits per heavy atom. The van der Waals surface area contributed by atoms with Crippen molar-refractivity contribution in [3.05, 3.63) is 12.2 Å². The van der Waals surface area contributed by atoms with E-state index >= 15 is 0 Å². The van der Waals surface area contributed by atoms with Crippen LogP contribution >= 0.6 is 0 Å². The van der Waals surface area contributed by atoms with E-state index in [1.165, 1.54) is 6.21 Å². The second-order valence-corrected chi connectivity index (χ2v) is 1.34. The molecule has 0 atom stereocenters. The first-order valence-electron chi connectivity index (χ1n) is 2.19. The highest BCUT2D eigenvalue weighted by Crippen LogP contribution is 1.87. The summed E-state index contributed by atoms with van der Waals surface area (Å²) < 4.78 is 0. The lowest BCUT2D eigenvalue weighted by Crippen LogP contribution is -1.99. The molecule has 0 rings (SSSR count). The van der Waals surface area contributed by atoms with E-state index in [2.05, 4.69) is 6.58 Å². The van der Waals surface area contributed by atoms with Gasteiger partial charge in [0.05, 0.1) is 0 Å². The van der Waals surface area contributed by atoms with Gasteiger partial charge in [0.25, 0.3) is 0 Å². The zero-order chi connectivity index (χ0) is 5.70. The molecule has 2 heteroatoms. The molecule has 0 aromatic rings. The topological polar surface area (TPSA) is 49.9 Å². The van der Waals surface area contributed by atoms with Crippen LogP contribution in [-0.4, -0.2) is 12.8 Å². The van der Waals surface area contributed by atoms with Crippen LogP contribution in [0.15, 0.2) is 12.2 Å². The molecule has 0 aliphatic rings. The van der Waals surface area contributed by atoms with Gasteiger partial charge in [-0.1, -0.05) is 6.58 Å². The molecule has 2 nitrogen and oxygen atoms in total. The molecule has 0 unspecified atom stereocenters. The van der Waals surface area contributed by atoms with E-state index in [0.717, 1.165) is 12.0 Å². The molecule has 0 radical (unpaired) electrons. The van der Waals surface area contributed by atoms with Crippen LogP contribution in [-0.2, 0) is 0 Å². The number of hydrogen-bond donors (Lipinski definition) is 2. The van der Waals surface area contributed by atoms with E-state index < -0.39 is 0 Å². The average Bonchev–Trinajstić information content (AvgIpc) is 1.68. The molecule has 0 bridgehead atoms. The summed E-state index contributed by atoms with van der Waals surface area (Å²) in [4.78, 5) is 0. The van der Waals surface area contributed by atoms with E-state index in [1.807, 2.05) is 0 Å². The van der Waals surface area contributed by atoms with Crippen LogP contribution in [0.2, 0.25) is 0 Å². The third kappa shape index (κ3) is 3.19. The van der Waals surface area contributed by atoms with Gasteiger partial charge in [-0.05, 0) is 18.5 Å². The lowest BCUT2D eigenvalue weighted by atomic mass is 10.2. The van der Waals surface area contributed by atoms with Gasteiger partial charge in [0.1, 0.15) is 0 Å². The molecule has 0 aliphatic carbocycles. The molecule has 0 saturated heterocycles. The number of nitrogens with two attached hydrogens (primary N) is 1. The first-order valence-corrected chi connectivity index (χ1v) is 2.19. The van der Waals surface area contributed by atoms with Crippen molar-refractivity contribution in [3.63, 3.8) is 0 Å². The summed E-state index contributed by atoms with van der Waals surface area (Å²) in [5, 5.41) is 6.63. The molecule has 3 N–H and O–H groups in total. The molecule has 0 heterocycles. The second-order valence-electron chi connectivity index (χ2n) is 1.34. The Morgan fingerprint density at radius 1 is 1.86 bits per heavy atom. The molecule has 40 valence electrons. The minimum absolute atomic E-state index is 0.591. The quantitative estimate of drug-likeness (QED) is 0.497. The van der Waals surface area contributed by atoms with Gasteiger partial charge in [0.15, 0.2) is 0 Å². The monoisotopic (exact) mass is 98.1 g/mol. The number of hydrogen-bond acceptors (Lipinski definition) is 2. The summed E-state index contributed by atoms with van der Waals surface area (Å²) in [6, 6.07) is 0. The number of nitrogens with one attached hydrogen (secondary N) is 1. The molecule has 0 saturated carbocycles. The van der Waals surface area contributed by atoms with Crippen LogP contribution in [0.4, 0.5) is 0 Å². The van der Waals surface area contributed by atoms with Crippen LogP contribution in [0, 0.1) is 5.41 Å². The van der Waals surface area contributed by atoms with Crippen molar-refractivity contribution in [2.75, 3.05) is 6.54 Å². The van der Waals surface area contributed by atoms with Crippen molar-refractivity contribution < 1.29 is 0 Å². The SMILES string of the molecule is C=C(C=N)CCN. The van der Waals surface area contributed by atoms with Crippen LogP contribution in [0.1, 0.15) is 6.42 Å². The minimum atomic E-state index is 0.591. The Bertz CT molecular complexity index is 76.1. The highest BCUT2D eigenvalue weighted by molar-refractivity contribution is 5.74. The van der Waals surface area contributed by atoms with E-state index in [4.69, 9.17) is 11.1 Å². The first kappa shape index (κ1) is 6.37. The van der Waals surface area contributed by atoms with Gasteiger partial charge in [0.2, 0.25) is 0 Å². The molecule has 0 aromatic heterocycles. The van der Waals surface area contributed by atoms with Crippen molar-refractivity contribution >= 4 is 6.21 Å². The van der Waals surface area contributed by atoms with Crippen molar-refractivity contribution in [1.29, 1.82) is 5.41 Å². The zero-order valence-corrected chi connectivity index (χ0v) is 4.28. The Morgan fingerprint density at radius 2 is 2.43 bits per heavy atom. The first-order chi connectivity index (χ1) is 3.31. The van der Waals surface area contributed by atoms with Gasteiger partial charge in [-0.2, -0.15) is 0 Å². The highest BCUT2D eigenvalue weighted by atomic mass is 14.5. The molecule has 0 aromatic carbocycles. The summed E-state index contributed by atoms with van der Waals surface area (Å²) in [6.45, 7) is 4.13. The van der Waals surface area contributed by atoms with Gasteiger partial charge >= 0.3 is 0 Å². The Hall–Kier alpha value is -0.630. The molecule has 0 spiro atoms. The summed E-state index contributed by atoms with van der Waals surface area (Å²) in [7, 11) is 0. The van der Waals surface area contributed by atoms with Gasteiger partial charge < -0.3 is 11.1 Å². The van der Waals surface area contributed by atoms with E-state index in [0.29, 0.717) is 6.54 Å². The zero-order valence-electron chi connectivity index (χ0n) is 4.28. The third-order valence-corrected chi connectivity index (χ3v) is 0.670. The van der Waals surface area contributed by atoms with E-state index in [-0.39, 0.29) is 0 Å². The molecular formula is C5H10N2. The minimum Gasteiger partial charge on any atom is -0.330 e. The smallest absolute Gasteiger partial charge is 0.0204 e. The van der Waals surface area contributed by atoms with Crippen molar-refractivity contribution in [3.8, 4) is 0 Å². The fourth-order valence-corrected chi connectivity index (χ4v) is 0.258. The van der Waals surface area contributed by atoms with E-state index in [9.17, 15) is 0 Å². The maximum absolute atomic E-state index is 6.63. The normalized spacial score (nSPS) is 8.14. The summed E-state index contributed by atoms with van der Waals surface area (Å²) >= 11 is 0. The molecule has 0 amide bonds. The summed E-state index contributed by atoms with van der Waals surface area (Å²) in [5.74, 6) is 0. The predicted octanol–water partition coefficient (Wildman–Crippen LogP) is 0.541. The lowest BCUT2D eigenvalue weighted by molar-refractivity contribution is 0.989. The third-order valence-electron chi connectivity index (χ3n) is 0.670. The van der Waals surface area contributed by atoms with Gasteiger partial charge in [0, 0.05) is 6.21 Å². The number of rotatable bonds is 3. The molecular weight excluding hydrogens is 88.1 g/mol. The predicted molar refractivity (Wildman–Crippen MR) is 31.6 cm³/mol. The van der Waals surface area contributed by atoms with Gasteiger partial charge in [-0.15, -0.1) is 0 Å². The Kier molecular flexibility index (Phi) is 3.24. The molecule has 7 heavy (non-hydrogen) atoms. The maximum Gasteiger partial charge on any atom is 0.0204 e. The molecule has 0 aliphatic heterocycles. The van der Waals surface area contributed by atoms with E-state index in [1.54, 1.807) is 0 Å². The standard InChI is InChI=1S/C5H10N2/c1-5(4-7)2-3-6/h4,7H,1-3,6H2. The Labute approximate surface area is 43.5 Å². The van der Waals surface area contributed by atoms with Crippen LogP contribution in [0.5, 0.6) is 0 Å². The summed E-state index contributed by atoms with van der Waals surface area (Å²) in [6.07, 6.45) is 1.97. The van der Waals surface area contributed by atoms with Crippen molar-refractivity contribution in [2.24, 2.45) is 5.73 Å². The van der Waals surface area contributed by atoms with Gasteiger partial charge in [-0.25, -0.2) is 0 Å². The van der Waals surface area contributed by atoms with Crippen LogP contribution in [0.25, 0.3) is 0 Å². The summed E-state index contributed by atoms with van der Waals surface area (Å²) in [5.41, 5.74) is 5.93. The van der Waals surface area contributed by atoms with Crippen molar-refractivity contribution in [2.45, 2.75) is 6.42 Å². The highest BCUT2D eigenvalue weighted by Gasteiger charge is 1.81. The van der Waals surface area contributed by atoms with Crippen molar-refractivity contribution in [1.82, 2.24) is 0 Å². The Balaban J connectivity index is 3.17. The average molecular weight is 98.1 g/mol. The fraction of sp³-hybridized carbons (Fsp3) is 0.400. The second kappa shape index (κ2) is 3.56. The molecule has 0 fully saturated rings. The lowest BCUT2D eigenvalue weighted by Gasteiger charge is -1.88. The van der Waals surface area contributed by atoms with Gasteiger partial charge in [-0.3, -0.25) is 0 Å². The maximum atomic E-state index is 6.63. The van der Waals surface area contributed by atoms with Crippen LogP contribution in [0.3, 0.4) is 0 Å². The fourth-order valence-electron chi connectivity index (χ4n) is 0.258. The van der Waals surface area contributed by atoms with Crippen LogP contribution < -0.4 is 5.73 Å².